The van der Waals surface area contributed by atoms with Gasteiger partial charge in [0.05, 0.1) is 25.4 Å². The SMILES string of the molecule is CCCC/C=C\C/C=C\CCCCCCCC(=O)OCCCCCCCCCCCCCCCCCCCCCC(=O)NC(CO)C(O)CCCCCCCCCCCCCCCCCCCCCCC. The highest BCUT2D eigenvalue weighted by atomic mass is 16.5. The molecule has 0 fully saturated rings. The van der Waals surface area contributed by atoms with Gasteiger partial charge in [0.2, 0.25) is 5.91 Å². The van der Waals surface area contributed by atoms with Crippen LogP contribution in [0.4, 0.5) is 0 Å². The third kappa shape index (κ3) is 57.5. The van der Waals surface area contributed by atoms with Crippen molar-refractivity contribution in [2.24, 2.45) is 0 Å². The number of amides is 1. The lowest BCUT2D eigenvalue weighted by molar-refractivity contribution is -0.143. The zero-order chi connectivity index (χ0) is 51.4. The molecule has 0 aliphatic carbocycles. The van der Waals surface area contributed by atoms with Crippen molar-refractivity contribution in [2.45, 2.75) is 366 Å². The molecule has 1 amide bonds. The summed E-state index contributed by atoms with van der Waals surface area (Å²) >= 11 is 0. The van der Waals surface area contributed by atoms with Gasteiger partial charge in [-0.2, -0.15) is 0 Å². The molecule has 2 atom stereocenters. The van der Waals surface area contributed by atoms with Crippen LogP contribution in [-0.2, 0) is 14.3 Å². The topological polar surface area (TPSA) is 95.9 Å². The zero-order valence-electron chi connectivity index (χ0n) is 48.0. The van der Waals surface area contributed by atoms with Gasteiger partial charge in [-0.1, -0.05) is 314 Å². The molecule has 0 spiro atoms. The number of rotatable bonds is 60. The summed E-state index contributed by atoms with van der Waals surface area (Å²) in [6.45, 7) is 4.93. The highest BCUT2D eigenvalue weighted by molar-refractivity contribution is 5.76. The van der Waals surface area contributed by atoms with Crippen LogP contribution in [0, 0.1) is 0 Å². The Morgan fingerprint density at radius 1 is 0.394 bits per heavy atom. The fourth-order valence-electron chi connectivity index (χ4n) is 10.1. The van der Waals surface area contributed by atoms with Gasteiger partial charge in [-0.05, 0) is 51.4 Å². The zero-order valence-corrected chi connectivity index (χ0v) is 48.0. The predicted molar refractivity (Wildman–Crippen MR) is 310 cm³/mol. The molecular weight excluding hydrogens is 875 g/mol. The Hall–Kier alpha value is -1.66. The van der Waals surface area contributed by atoms with E-state index >= 15 is 0 Å². The van der Waals surface area contributed by atoms with E-state index < -0.39 is 12.1 Å². The Morgan fingerprint density at radius 2 is 0.718 bits per heavy atom. The molecule has 71 heavy (non-hydrogen) atoms. The van der Waals surface area contributed by atoms with Gasteiger partial charge in [0, 0.05) is 12.8 Å². The molecule has 0 saturated carbocycles. The van der Waals surface area contributed by atoms with Crippen LogP contribution < -0.4 is 5.32 Å². The van der Waals surface area contributed by atoms with Gasteiger partial charge < -0.3 is 20.3 Å². The van der Waals surface area contributed by atoms with E-state index in [1.165, 1.54) is 270 Å². The van der Waals surface area contributed by atoms with E-state index in [0.717, 1.165) is 51.4 Å². The highest BCUT2D eigenvalue weighted by Crippen LogP contribution is 2.18. The van der Waals surface area contributed by atoms with Crippen molar-refractivity contribution in [2.75, 3.05) is 13.2 Å². The number of unbranched alkanes of at least 4 members (excludes halogenated alkanes) is 45. The van der Waals surface area contributed by atoms with Crippen molar-refractivity contribution in [1.29, 1.82) is 0 Å². The summed E-state index contributed by atoms with van der Waals surface area (Å²) in [5.74, 6) is -0.0393. The Labute approximate surface area is 443 Å². The van der Waals surface area contributed by atoms with Crippen LogP contribution in [0.25, 0.3) is 0 Å². The molecule has 0 heterocycles. The number of esters is 1. The number of aliphatic hydroxyl groups excluding tert-OH is 2. The van der Waals surface area contributed by atoms with E-state index in [1.807, 2.05) is 0 Å². The maximum absolute atomic E-state index is 12.5. The van der Waals surface area contributed by atoms with Crippen molar-refractivity contribution in [3.8, 4) is 0 Å². The highest BCUT2D eigenvalue weighted by Gasteiger charge is 2.20. The van der Waals surface area contributed by atoms with Crippen LogP contribution in [-0.4, -0.2) is 47.4 Å². The molecule has 420 valence electrons. The second-order valence-electron chi connectivity index (χ2n) is 22.1. The molecule has 2 unspecified atom stereocenters. The van der Waals surface area contributed by atoms with Crippen molar-refractivity contribution in [3.63, 3.8) is 0 Å². The van der Waals surface area contributed by atoms with Crippen molar-refractivity contribution >= 4 is 11.9 Å². The molecule has 3 N–H and O–H groups in total. The van der Waals surface area contributed by atoms with Gasteiger partial charge in [0.25, 0.3) is 0 Å². The number of hydrogen-bond acceptors (Lipinski definition) is 5. The third-order valence-corrected chi connectivity index (χ3v) is 15.0. The van der Waals surface area contributed by atoms with Gasteiger partial charge in [-0.3, -0.25) is 9.59 Å². The standard InChI is InChI=1S/C65H125NO5/c1-3-5-7-9-11-13-15-17-19-20-21-22-24-27-30-33-37-41-45-49-53-57-63(68)62(61-67)66-64(69)58-54-50-46-42-38-34-31-28-25-23-26-29-32-36-40-44-48-52-56-60-71-65(70)59-55-51-47-43-39-35-18-16-14-12-10-8-6-4-2/h10,12,16,18,62-63,67-68H,3-9,11,13-15,17,19-61H2,1-2H3,(H,66,69)/b12-10-,18-16-. The Balaban J connectivity index is 3.41. The molecule has 0 aliphatic heterocycles. The molecule has 0 aromatic carbocycles. The van der Waals surface area contributed by atoms with E-state index in [4.69, 9.17) is 4.74 Å². The van der Waals surface area contributed by atoms with Gasteiger partial charge in [-0.25, -0.2) is 0 Å². The largest absolute Gasteiger partial charge is 0.466 e. The lowest BCUT2D eigenvalue weighted by Gasteiger charge is -2.22. The summed E-state index contributed by atoms with van der Waals surface area (Å²) in [6.07, 6.45) is 74.7. The molecule has 0 radical (unpaired) electrons. The summed E-state index contributed by atoms with van der Waals surface area (Å²) in [7, 11) is 0. The fourth-order valence-corrected chi connectivity index (χ4v) is 10.1. The molecule has 0 rings (SSSR count). The smallest absolute Gasteiger partial charge is 0.305 e. The molecule has 0 aromatic heterocycles. The van der Waals surface area contributed by atoms with E-state index in [2.05, 4.69) is 43.5 Å². The average molecular weight is 1000 g/mol. The van der Waals surface area contributed by atoms with Crippen LogP contribution in [0.2, 0.25) is 0 Å². The second-order valence-corrected chi connectivity index (χ2v) is 22.1. The van der Waals surface area contributed by atoms with Gasteiger partial charge >= 0.3 is 5.97 Å². The van der Waals surface area contributed by atoms with Crippen molar-refractivity contribution in [1.82, 2.24) is 5.32 Å². The number of nitrogens with one attached hydrogen (secondary N) is 1. The minimum atomic E-state index is -0.667. The minimum absolute atomic E-state index is 0.00482. The maximum atomic E-state index is 12.5. The first-order valence-corrected chi connectivity index (χ1v) is 32.1. The first-order valence-electron chi connectivity index (χ1n) is 32.1. The molecule has 6 nitrogen and oxygen atoms in total. The van der Waals surface area contributed by atoms with Crippen molar-refractivity contribution < 1.29 is 24.5 Å². The number of ether oxygens (including phenoxy) is 1. The molecule has 0 aliphatic rings. The fraction of sp³-hybridized carbons (Fsp3) is 0.908. The van der Waals surface area contributed by atoms with Gasteiger partial charge in [0.15, 0.2) is 0 Å². The van der Waals surface area contributed by atoms with Crippen LogP contribution in [0.5, 0.6) is 0 Å². The average Bonchev–Trinajstić information content (AvgIpc) is 3.37. The summed E-state index contributed by atoms with van der Waals surface area (Å²) in [5, 5.41) is 23.4. The van der Waals surface area contributed by atoms with Crippen LogP contribution in [0.15, 0.2) is 24.3 Å². The van der Waals surface area contributed by atoms with Gasteiger partial charge in [-0.15, -0.1) is 0 Å². The molecular formula is C65H125NO5. The summed E-state index contributed by atoms with van der Waals surface area (Å²) in [6, 6.07) is -0.545. The number of carbonyl (C=O) groups excluding carboxylic acids is 2. The van der Waals surface area contributed by atoms with Crippen LogP contribution >= 0.6 is 0 Å². The molecule has 0 aromatic rings. The predicted octanol–water partition coefficient (Wildman–Crippen LogP) is 20.2. The van der Waals surface area contributed by atoms with Gasteiger partial charge in [0.1, 0.15) is 0 Å². The minimum Gasteiger partial charge on any atom is -0.466 e. The lowest BCUT2D eigenvalue weighted by Crippen LogP contribution is -2.45. The van der Waals surface area contributed by atoms with E-state index in [-0.39, 0.29) is 18.5 Å². The van der Waals surface area contributed by atoms with E-state index in [0.29, 0.717) is 25.9 Å². The number of aliphatic hydroxyl groups is 2. The number of carbonyl (C=O) groups is 2. The van der Waals surface area contributed by atoms with Crippen LogP contribution in [0.1, 0.15) is 354 Å². The van der Waals surface area contributed by atoms with E-state index in [9.17, 15) is 19.8 Å². The number of hydrogen-bond donors (Lipinski definition) is 3. The Kier molecular flexibility index (Phi) is 59.5. The monoisotopic (exact) mass is 1000 g/mol. The Bertz CT molecular complexity index is 1110. The summed E-state index contributed by atoms with van der Waals surface area (Å²) in [4.78, 5) is 24.6. The third-order valence-electron chi connectivity index (χ3n) is 15.0. The number of allylic oxidation sites excluding steroid dienone is 4. The Morgan fingerprint density at radius 3 is 1.11 bits per heavy atom. The first kappa shape index (κ1) is 69.3. The molecule has 6 heteroatoms. The lowest BCUT2D eigenvalue weighted by atomic mass is 10.0. The maximum Gasteiger partial charge on any atom is 0.305 e. The van der Waals surface area contributed by atoms with Crippen molar-refractivity contribution in [3.05, 3.63) is 24.3 Å². The van der Waals surface area contributed by atoms with Crippen LogP contribution in [0.3, 0.4) is 0 Å². The second kappa shape index (κ2) is 60.9. The first-order chi connectivity index (χ1) is 35.0. The summed E-state index contributed by atoms with van der Waals surface area (Å²) in [5.41, 5.74) is 0. The molecule has 0 saturated heterocycles. The normalized spacial score (nSPS) is 12.7. The summed E-state index contributed by atoms with van der Waals surface area (Å²) < 4.78 is 5.47. The quantitative estimate of drug-likeness (QED) is 0.0320. The van der Waals surface area contributed by atoms with E-state index in [1.54, 1.807) is 0 Å². The molecule has 0 bridgehead atoms.